The lowest BCUT2D eigenvalue weighted by Gasteiger charge is -2.26. The summed E-state index contributed by atoms with van der Waals surface area (Å²) < 4.78 is 5.34. The van der Waals surface area contributed by atoms with Crippen molar-refractivity contribution in [2.75, 3.05) is 36.5 Å². The zero-order valence-electron chi connectivity index (χ0n) is 14.0. The number of morpholine rings is 1. The average Bonchev–Trinajstić information content (AvgIpc) is 2.63. The second kappa shape index (κ2) is 7.40. The van der Waals surface area contributed by atoms with Gasteiger partial charge in [0.25, 0.3) is 5.91 Å². The Hall–Kier alpha value is -2.47. The second-order valence-electron chi connectivity index (χ2n) is 6.04. The summed E-state index contributed by atoms with van der Waals surface area (Å²) in [6.45, 7) is 6.99. The van der Waals surface area contributed by atoms with E-state index in [1.165, 1.54) is 0 Å². The fourth-order valence-corrected chi connectivity index (χ4v) is 2.69. The molecule has 0 saturated carbocycles. The van der Waals surface area contributed by atoms with E-state index in [1.807, 2.05) is 29.2 Å². The van der Waals surface area contributed by atoms with Crippen LogP contribution in [0.2, 0.25) is 0 Å². The van der Waals surface area contributed by atoms with Gasteiger partial charge >= 0.3 is 0 Å². The Labute approximate surface area is 141 Å². The maximum Gasteiger partial charge on any atom is 0.274 e. The molecule has 1 fully saturated rings. The third-order valence-corrected chi connectivity index (χ3v) is 4.00. The number of hydrogen-bond donors (Lipinski definition) is 1. The van der Waals surface area contributed by atoms with Crippen LogP contribution in [0.5, 0.6) is 0 Å². The first kappa shape index (κ1) is 16.4. The van der Waals surface area contributed by atoms with Crippen molar-refractivity contribution in [2.45, 2.75) is 19.8 Å². The molecule has 1 N–H and O–H groups in total. The first-order valence-corrected chi connectivity index (χ1v) is 8.21. The van der Waals surface area contributed by atoms with E-state index >= 15 is 0 Å². The largest absolute Gasteiger partial charge is 0.378 e. The van der Waals surface area contributed by atoms with Gasteiger partial charge in [-0.25, -0.2) is 9.97 Å². The van der Waals surface area contributed by atoms with E-state index in [0.29, 0.717) is 30.8 Å². The molecule has 0 unspecified atom stereocenters. The maximum atomic E-state index is 12.6. The summed E-state index contributed by atoms with van der Waals surface area (Å²) in [4.78, 5) is 23.3. The summed E-state index contributed by atoms with van der Waals surface area (Å²) in [5.74, 6) is 0.680. The van der Waals surface area contributed by atoms with Gasteiger partial charge in [-0.1, -0.05) is 32.0 Å². The number of carbonyl (C=O) groups is 1. The van der Waals surface area contributed by atoms with Crippen LogP contribution < -0.4 is 10.2 Å². The van der Waals surface area contributed by atoms with Crippen molar-refractivity contribution in [1.29, 1.82) is 0 Å². The normalized spacial score (nSPS) is 14.7. The van der Waals surface area contributed by atoms with Gasteiger partial charge in [0.1, 0.15) is 5.69 Å². The highest BCUT2D eigenvalue weighted by molar-refractivity contribution is 6.03. The van der Waals surface area contributed by atoms with Crippen LogP contribution in [-0.2, 0) is 4.74 Å². The molecule has 1 aliphatic rings. The number of carbonyl (C=O) groups excluding carboxylic acids is 1. The monoisotopic (exact) mass is 326 g/mol. The van der Waals surface area contributed by atoms with Crippen molar-refractivity contribution >= 4 is 17.5 Å². The lowest BCUT2D eigenvalue weighted by molar-refractivity contribution is 0.102. The van der Waals surface area contributed by atoms with Crippen LogP contribution >= 0.6 is 0 Å². The molecule has 1 aliphatic heterocycles. The minimum Gasteiger partial charge on any atom is -0.378 e. The van der Waals surface area contributed by atoms with E-state index in [4.69, 9.17) is 4.74 Å². The average molecular weight is 326 g/mol. The number of para-hydroxylation sites is 1. The van der Waals surface area contributed by atoms with Crippen LogP contribution in [0.1, 0.15) is 35.8 Å². The zero-order valence-corrected chi connectivity index (χ0v) is 14.0. The molecule has 2 aromatic rings. The topological polar surface area (TPSA) is 67.4 Å². The lowest BCUT2D eigenvalue weighted by atomic mass is 10.0. The molecule has 6 heteroatoms. The van der Waals surface area contributed by atoms with Gasteiger partial charge in [-0.05, 0) is 23.6 Å². The predicted molar refractivity (Wildman–Crippen MR) is 93.5 cm³/mol. The van der Waals surface area contributed by atoms with Gasteiger partial charge in [-0.3, -0.25) is 4.79 Å². The Bertz CT molecular complexity index is 712. The fourth-order valence-electron chi connectivity index (χ4n) is 2.69. The number of ether oxygens (including phenoxy) is 1. The van der Waals surface area contributed by atoms with E-state index < -0.39 is 0 Å². The van der Waals surface area contributed by atoms with Gasteiger partial charge in [0.15, 0.2) is 0 Å². The molecule has 1 aromatic carbocycles. The summed E-state index contributed by atoms with van der Waals surface area (Å²) in [5, 5.41) is 2.97. The lowest BCUT2D eigenvalue weighted by Crippen LogP contribution is -2.37. The first-order chi connectivity index (χ1) is 11.6. The van der Waals surface area contributed by atoms with Gasteiger partial charge in [0, 0.05) is 25.0 Å². The molecule has 126 valence electrons. The highest BCUT2D eigenvalue weighted by Gasteiger charge is 2.17. The van der Waals surface area contributed by atoms with Gasteiger partial charge in [-0.2, -0.15) is 0 Å². The SMILES string of the molecule is CC(C)c1ccccc1NC(=O)c1ccnc(N2CCOCC2)n1. The van der Waals surface area contributed by atoms with Crippen molar-refractivity contribution in [3.8, 4) is 0 Å². The molecule has 0 bridgehead atoms. The molecule has 1 amide bonds. The Morgan fingerprint density at radius 3 is 2.71 bits per heavy atom. The number of rotatable bonds is 4. The van der Waals surface area contributed by atoms with Gasteiger partial charge in [0.2, 0.25) is 5.95 Å². The van der Waals surface area contributed by atoms with Gasteiger partial charge < -0.3 is 15.0 Å². The number of anilines is 2. The van der Waals surface area contributed by atoms with E-state index in [2.05, 4.69) is 29.1 Å². The molecule has 1 aromatic heterocycles. The first-order valence-electron chi connectivity index (χ1n) is 8.21. The predicted octanol–water partition coefficient (Wildman–Crippen LogP) is 2.69. The fraction of sp³-hybridized carbons (Fsp3) is 0.389. The van der Waals surface area contributed by atoms with Crippen LogP contribution in [-0.4, -0.2) is 42.2 Å². The number of nitrogens with one attached hydrogen (secondary N) is 1. The smallest absolute Gasteiger partial charge is 0.274 e. The molecule has 0 atom stereocenters. The van der Waals surface area contributed by atoms with E-state index in [9.17, 15) is 4.79 Å². The van der Waals surface area contributed by atoms with Crippen LogP contribution in [0, 0.1) is 0 Å². The summed E-state index contributed by atoms with van der Waals surface area (Å²) in [7, 11) is 0. The van der Waals surface area contributed by atoms with Crippen LogP contribution in [0.25, 0.3) is 0 Å². The highest BCUT2D eigenvalue weighted by Crippen LogP contribution is 2.24. The van der Waals surface area contributed by atoms with Gasteiger partial charge in [0.05, 0.1) is 13.2 Å². The van der Waals surface area contributed by atoms with Gasteiger partial charge in [-0.15, -0.1) is 0 Å². The molecule has 0 aliphatic carbocycles. The Kier molecular flexibility index (Phi) is 5.05. The van der Waals surface area contributed by atoms with Crippen molar-refractivity contribution in [1.82, 2.24) is 9.97 Å². The van der Waals surface area contributed by atoms with Crippen molar-refractivity contribution in [3.63, 3.8) is 0 Å². The molecule has 3 rings (SSSR count). The second-order valence-corrected chi connectivity index (χ2v) is 6.04. The summed E-state index contributed by atoms with van der Waals surface area (Å²) in [6, 6.07) is 9.47. The van der Waals surface area contributed by atoms with E-state index in [-0.39, 0.29) is 5.91 Å². The summed E-state index contributed by atoms with van der Waals surface area (Å²) in [5.41, 5.74) is 2.29. The Morgan fingerprint density at radius 1 is 1.21 bits per heavy atom. The standard InChI is InChI=1S/C18H22N4O2/c1-13(2)14-5-3-4-6-15(14)20-17(23)16-7-8-19-18(21-16)22-9-11-24-12-10-22/h3-8,13H,9-12H2,1-2H3,(H,20,23). The van der Waals surface area contributed by atoms with E-state index in [1.54, 1.807) is 12.3 Å². The highest BCUT2D eigenvalue weighted by atomic mass is 16.5. The molecular weight excluding hydrogens is 304 g/mol. The zero-order chi connectivity index (χ0) is 16.9. The third-order valence-electron chi connectivity index (χ3n) is 4.00. The third kappa shape index (κ3) is 3.71. The molecule has 24 heavy (non-hydrogen) atoms. The Balaban J connectivity index is 1.78. The molecule has 0 radical (unpaired) electrons. The van der Waals surface area contributed by atoms with Crippen molar-refractivity contribution < 1.29 is 9.53 Å². The minimum absolute atomic E-state index is 0.222. The van der Waals surface area contributed by atoms with Crippen LogP contribution in [0.3, 0.4) is 0 Å². The van der Waals surface area contributed by atoms with E-state index in [0.717, 1.165) is 24.3 Å². The number of hydrogen-bond acceptors (Lipinski definition) is 5. The molecule has 6 nitrogen and oxygen atoms in total. The number of benzene rings is 1. The summed E-state index contributed by atoms with van der Waals surface area (Å²) in [6.07, 6.45) is 1.63. The number of nitrogens with zero attached hydrogens (tertiary/aromatic N) is 3. The summed E-state index contributed by atoms with van der Waals surface area (Å²) >= 11 is 0. The minimum atomic E-state index is -0.222. The van der Waals surface area contributed by atoms with Crippen molar-refractivity contribution in [2.24, 2.45) is 0 Å². The molecule has 2 heterocycles. The number of amides is 1. The molecular formula is C18H22N4O2. The molecule has 0 spiro atoms. The van der Waals surface area contributed by atoms with Crippen LogP contribution in [0.15, 0.2) is 36.5 Å². The maximum absolute atomic E-state index is 12.6. The molecule has 1 saturated heterocycles. The Morgan fingerprint density at radius 2 is 1.96 bits per heavy atom. The quantitative estimate of drug-likeness (QED) is 0.935. The number of aromatic nitrogens is 2. The van der Waals surface area contributed by atoms with Crippen LogP contribution in [0.4, 0.5) is 11.6 Å². The van der Waals surface area contributed by atoms with Crippen molar-refractivity contribution in [3.05, 3.63) is 47.8 Å².